The Balaban J connectivity index is 1.15. The van der Waals surface area contributed by atoms with Gasteiger partial charge in [0.1, 0.15) is 0 Å². The topological polar surface area (TPSA) is 89.0 Å². The summed E-state index contributed by atoms with van der Waals surface area (Å²) in [6, 6.07) is 10.3. The summed E-state index contributed by atoms with van der Waals surface area (Å²) in [6.07, 6.45) is 8.89. The minimum absolute atomic E-state index is 0.630. The maximum absolute atomic E-state index is 5.42. The van der Waals surface area contributed by atoms with Crippen LogP contribution in [0.1, 0.15) is 36.6 Å². The Morgan fingerprint density at radius 1 is 0.941 bits per heavy atom. The van der Waals surface area contributed by atoms with Gasteiger partial charge in [0.15, 0.2) is 0 Å². The Kier molecular flexibility index (Phi) is 6.56. The number of pyridine rings is 3. The summed E-state index contributed by atoms with van der Waals surface area (Å²) in [5.41, 5.74) is 3.64. The van der Waals surface area contributed by atoms with Crippen molar-refractivity contribution in [2.24, 2.45) is 0 Å². The zero-order valence-corrected chi connectivity index (χ0v) is 22.4. The molecule has 0 atom stereocenters. The number of anilines is 3. The normalized spacial score (nSPS) is 16.9. The molecule has 1 N–H and O–H groups in total. The van der Waals surface area contributed by atoms with E-state index in [4.69, 9.17) is 9.72 Å². The van der Waals surface area contributed by atoms with Gasteiger partial charge in [0.25, 0.3) is 0 Å². The van der Waals surface area contributed by atoms with Crippen LogP contribution in [0.3, 0.4) is 0 Å². The minimum atomic E-state index is -1.07. The SMILES string of the molecule is c1cc(N2CCOCC2)ncc1Nc1cnc2cc[c]([Sn][c]3nnc(C4CCCC4)s3)nc2c1. The van der Waals surface area contributed by atoms with Gasteiger partial charge in [-0.2, -0.15) is 0 Å². The molecule has 0 bridgehead atoms. The number of hydrogen-bond acceptors (Lipinski definition) is 9. The van der Waals surface area contributed by atoms with E-state index < -0.39 is 21.1 Å². The molecule has 0 amide bonds. The van der Waals surface area contributed by atoms with Gasteiger partial charge in [-0.05, 0) is 0 Å². The molecule has 2 aliphatic rings. The Labute approximate surface area is 212 Å². The summed E-state index contributed by atoms with van der Waals surface area (Å²) >= 11 is 0.740. The zero-order valence-electron chi connectivity index (χ0n) is 18.8. The quantitative estimate of drug-likeness (QED) is 0.350. The van der Waals surface area contributed by atoms with Crippen LogP contribution in [0.2, 0.25) is 0 Å². The molecule has 0 spiro atoms. The summed E-state index contributed by atoms with van der Waals surface area (Å²) in [6.45, 7) is 3.27. The van der Waals surface area contributed by atoms with Crippen LogP contribution in [-0.2, 0) is 4.74 Å². The van der Waals surface area contributed by atoms with Gasteiger partial charge in [0.2, 0.25) is 0 Å². The molecular weight excluding hydrogens is 553 g/mol. The first-order valence-electron chi connectivity index (χ1n) is 11.7. The standard InChI is InChI=1S/C17H16N5O.C7H9N2S.Sn/c1-2-15-16(18-5-1)10-14(12-19-15)21-13-3-4-17(20-11-13)22-6-8-23-9-7-22;1-2-4-6(3-1)7-9-8-5-10-7;/h1-4,10-12,21H,6-9H2;6H,1-4H2;. The Bertz CT molecular complexity index is 1270. The van der Waals surface area contributed by atoms with Gasteiger partial charge < -0.3 is 4.74 Å². The van der Waals surface area contributed by atoms with Crippen molar-refractivity contribution in [1.29, 1.82) is 0 Å². The number of nitrogens with zero attached hydrogens (tertiary/aromatic N) is 6. The van der Waals surface area contributed by atoms with E-state index in [1.165, 1.54) is 33.7 Å². The van der Waals surface area contributed by atoms with E-state index in [0.717, 1.165) is 58.2 Å². The van der Waals surface area contributed by atoms with Crippen molar-refractivity contribution >= 4 is 67.4 Å². The van der Waals surface area contributed by atoms with E-state index in [-0.39, 0.29) is 0 Å². The van der Waals surface area contributed by atoms with Crippen molar-refractivity contribution in [3.8, 4) is 0 Å². The molecule has 1 saturated carbocycles. The first kappa shape index (κ1) is 22.1. The van der Waals surface area contributed by atoms with Gasteiger partial charge >= 0.3 is 195 Å². The van der Waals surface area contributed by atoms with E-state index in [2.05, 4.69) is 54.6 Å². The fourth-order valence-corrected chi connectivity index (χ4v) is 9.22. The molecule has 34 heavy (non-hydrogen) atoms. The third-order valence-electron chi connectivity index (χ3n) is 6.29. The van der Waals surface area contributed by atoms with Crippen LogP contribution in [0, 0.1) is 0 Å². The molecule has 0 unspecified atom stereocenters. The first-order valence-corrected chi connectivity index (χ1v) is 15.4. The van der Waals surface area contributed by atoms with E-state index in [1.54, 1.807) is 0 Å². The third-order valence-corrected chi connectivity index (χ3v) is 11.2. The summed E-state index contributed by atoms with van der Waals surface area (Å²) in [5, 5.41) is 13.7. The Morgan fingerprint density at radius 3 is 2.62 bits per heavy atom. The van der Waals surface area contributed by atoms with Crippen molar-refractivity contribution in [1.82, 2.24) is 25.1 Å². The summed E-state index contributed by atoms with van der Waals surface area (Å²) in [7, 11) is 0. The summed E-state index contributed by atoms with van der Waals surface area (Å²) < 4.78 is 7.78. The van der Waals surface area contributed by atoms with Gasteiger partial charge in [-0.3, -0.25) is 0 Å². The molecule has 10 heteroatoms. The van der Waals surface area contributed by atoms with Crippen LogP contribution in [0.15, 0.2) is 42.7 Å². The Hall–Kier alpha value is -2.37. The second-order valence-corrected chi connectivity index (χ2v) is 14.2. The van der Waals surface area contributed by atoms with E-state index >= 15 is 0 Å². The first-order chi connectivity index (χ1) is 16.8. The average molecular weight is 578 g/mol. The van der Waals surface area contributed by atoms with Crippen LogP contribution in [0.5, 0.6) is 0 Å². The van der Waals surface area contributed by atoms with Gasteiger partial charge in [-0.15, -0.1) is 0 Å². The number of morpholine rings is 1. The second kappa shape index (κ2) is 10.1. The molecule has 5 heterocycles. The van der Waals surface area contributed by atoms with Gasteiger partial charge in [-0.1, -0.05) is 0 Å². The molecule has 1 aliphatic heterocycles. The predicted molar refractivity (Wildman–Crippen MR) is 136 cm³/mol. The van der Waals surface area contributed by atoms with Crippen molar-refractivity contribution in [3.63, 3.8) is 0 Å². The number of nitrogens with one attached hydrogen (secondary N) is 1. The summed E-state index contributed by atoms with van der Waals surface area (Å²) in [4.78, 5) is 16.4. The monoisotopic (exact) mass is 579 g/mol. The number of fused-ring (bicyclic) bond motifs is 1. The molecule has 172 valence electrons. The molecule has 8 nitrogen and oxygen atoms in total. The molecule has 4 aromatic rings. The fraction of sp³-hybridized carbons (Fsp3) is 0.375. The van der Waals surface area contributed by atoms with E-state index in [1.807, 2.05) is 29.8 Å². The van der Waals surface area contributed by atoms with Gasteiger partial charge in [-0.25, -0.2) is 0 Å². The summed E-state index contributed by atoms with van der Waals surface area (Å²) in [5.74, 6) is 1.61. The molecule has 1 aliphatic carbocycles. The average Bonchev–Trinajstić information content (AvgIpc) is 3.57. The van der Waals surface area contributed by atoms with Crippen molar-refractivity contribution in [2.45, 2.75) is 31.6 Å². The zero-order chi connectivity index (χ0) is 22.7. The van der Waals surface area contributed by atoms with Crippen LogP contribution in [-0.4, -0.2) is 72.6 Å². The molecule has 6 rings (SSSR count). The van der Waals surface area contributed by atoms with Gasteiger partial charge in [0.05, 0.1) is 13.2 Å². The third kappa shape index (κ3) is 5.01. The van der Waals surface area contributed by atoms with Crippen molar-refractivity contribution in [2.75, 3.05) is 36.5 Å². The molecule has 2 radical (unpaired) electrons. The molecule has 2 fully saturated rings. The number of aromatic nitrogens is 5. The maximum atomic E-state index is 5.42. The van der Waals surface area contributed by atoms with Crippen LogP contribution in [0.4, 0.5) is 17.2 Å². The van der Waals surface area contributed by atoms with Crippen LogP contribution < -0.4 is 17.0 Å². The number of ether oxygens (including phenoxy) is 1. The molecule has 0 aromatic carbocycles. The molecule has 4 aromatic heterocycles. The number of hydrogen-bond donors (Lipinski definition) is 1. The van der Waals surface area contributed by atoms with Crippen molar-refractivity contribution < 1.29 is 4.74 Å². The van der Waals surface area contributed by atoms with Gasteiger partial charge in [0, 0.05) is 0 Å². The predicted octanol–water partition coefficient (Wildman–Crippen LogP) is 2.77. The van der Waals surface area contributed by atoms with Crippen LogP contribution in [0.25, 0.3) is 11.0 Å². The second-order valence-electron chi connectivity index (χ2n) is 8.64. The molecular formula is C24H25N7OSSn. The fourth-order valence-electron chi connectivity index (χ4n) is 4.48. The van der Waals surface area contributed by atoms with Crippen LogP contribution >= 0.6 is 11.3 Å². The van der Waals surface area contributed by atoms with E-state index in [0.29, 0.717) is 5.92 Å². The van der Waals surface area contributed by atoms with Crippen molar-refractivity contribution in [3.05, 3.63) is 47.7 Å². The Morgan fingerprint density at radius 2 is 1.79 bits per heavy atom. The molecule has 1 saturated heterocycles. The number of rotatable bonds is 6. The van der Waals surface area contributed by atoms with E-state index in [9.17, 15) is 0 Å².